The molecule has 0 aromatic carbocycles. The van der Waals surface area contributed by atoms with Crippen LogP contribution in [0, 0.1) is 11.3 Å². The van der Waals surface area contributed by atoms with Crippen molar-refractivity contribution in [3.63, 3.8) is 0 Å². The van der Waals surface area contributed by atoms with Gasteiger partial charge in [-0.15, -0.1) is 0 Å². The number of nitrogens with zero attached hydrogens (tertiary/aromatic N) is 1. The van der Waals surface area contributed by atoms with Crippen molar-refractivity contribution in [2.45, 2.75) is 85.1 Å². The molecule has 2 heteroatoms. The molecule has 0 amide bonds. The van der Waals surface area contributed by atoms with Gasteiger partial charge in [-0.2, -0.15) is 0 Å². The zero-order chi connectivity index (χ0) is 15.9. The van der Waals surface area contributed by atoms with E-state index < -0.39 is 0 Å². The van der Waals surface area contributed by atoms with E-state index in [0.717, 1.165) is 5.92 Å². The second-order valence-corrected chi connectivity index (χ2v) is 8.94. The van der Waals surface area contributed by atoms with Crippen LogP contribution in [0.1, 0.15) is 79.6 Å². The predicted octanol–water partition coefficient (Wildman–Crippen LogP) is 4.69. The lowest BCUT2D eigenvalue weighted by Crippen LogP contribution is -2.48. The third-order valence-corrected chi connectivity index (χ3v) is 4.85. The van der Waals surface area contributed by atoms with Crippen LogP contribution in [0.2, 0.25) is 0 Å². The summed E-state index contributed by atoms with van der Waals surface area (Å²) < 4.78 is 0. The van der Waals surface area contributed by atoms with Crippen molar-refractivity contribution >= 4 is 0 Å². The van der Waals surface area contributed by atoms with Crippen molar-refractivity contribution in [3.8, 4) is 0 Å². The second-order valence-electron chi connectivity index (χ2n) is 8.94. The maximum Gasteiger partial charge on any atom is 0.00967 e. The molecule has 0 bridgehead atoms. The minimum atomic E-state index is 0.232. The average Bonchev–Trinajstić information content (AvgIpc) is 2.60. The second kappa shape index (κ2) is 8.53. The Bertz CT molecular complexity index is 270. The van der Waals surface area contributed by atoms with Gasteiger partial charge in [0.15, 0.2) is 0 Å². The first-order valence-electron chi connectivity index (χ1n) is 9.16. The normalized spacial score (nSPS) is 20.0. The van der Waals surface area contributed by atoms with Crippen molar-refractivity contribution < 1.29 is 0 Å². The van der Waals surface area contributed by atoms with E-state index in [9.17, 15) is 0 Å². The van der Waals surface area contributed by atoms with E-state index in [1.165, 1.54) is 64.6 Å². The van der Waals surface area contributed by atoms with Gasteiger partial charge in [0.2, 0.25) is 0 Å². The summed E-state index contributed by atoms with van der Waals surface area (Å²) in [6.07, 6.45) is 9.84. The molecule has 1 aliphatic carbocycles. The highest BCUT2D eigenvalue weighted by molar-refractivity contribution is 4.88. The minimum Gasteiger partial charge on any atom is -0.311 e. The monoisotopic (exact) mass is 296 g/mol. The molecule has 2 nitrogen and oxygen atoms in total. The molecule has 0 aromatic heterocycles. The molecule has 21 heavy (non-hydrogen) atoms. The molecule has 1 saturated carbocycles. The topological polar surface area (TPSA) is 15.3 Å². The lowest BCUT2D eigenvalue weighted by atomic mass is 9.79. The summed E-state index contributed by atoms with van der Waals surface area (Å²) in [5.41, 5.74) is 0.727. The summed E-state index contributed by atoms with van der Waals surface area (Å²) >= 11 is 0. The molecule has 126 valence electrons. The molecule has 1 fully saturated rings. The number of hydrogen-bond acceptors (Lipinski definition) is 2. The van der Waals surface area contributed by atoms with Crippen molar-refractivity contribution in [2.24, 2.45) is 11.3 Å². The summed E-state index contributed by atoms with van der Waals surface area (Å²) in [7, 11) is 2.33. The first kappa shape index (κ1) is 19.0. The quantitative estimate of drug-likeness (QED) is 0.685. The molecule has 0 atom stereocenters. The molecule has 0 aliphatic heterocycles. The van der Waals surface area contributed by atoms with E-state index >= 15 is 0 Å². The lowest BCUT2D eigenvalue weighted by Gasteiger charge is -2.39. The van der Waals surface area contributed by atoms with Gasteiger partial charge >= 0.3 is 0 Å². The van der Waals surface area contributed by atoms with E-state index in [-0.39, 0.29) is 5.54 Å². The summed E-state index contributed by atoms with van der Waals surface area (Å²) in [5.74, 6) is 0.810. The standard InChI is InChI=1S/C19H40N2/c1-17(2)11-14-21(6)16-19(15-20-18(3,4)5)12-9-7-8-10-13-19/h17,20H,7-16H2,1-6H3. The highest BCUT2D eigenvalue weighted by Crippen LogP contribution is 2.35. The molecule has 0 saturated heterocycles. The zero-order valence-corrected chi connectivity index (χ0v) is 15.6. The van der Waals surface area contributed by atoms with E-state index in [0.29, 0.717) is 5.41 Å². The molecule has 0 unspecified atom stereocenters. The first-order valence-corrected chi connectivity index (χ1v) is 9.16. The summed E-state index contributed by atoms with van der Waals surface area (Å²) in [5, 5.41) is 3.80. The average molecular weight is 297 g/mol. The third kappa shape index (κ3) is 8.21. The van der Waals surface area contributed by atoms with Gasteiger partial charge in [0.25, 0.3) is 0 Å². The molecular weight excluding hydrogens is 256 g/mol. The minimum absolute atomic E-state index is 0.232. The Kier molecular flexibility index (Phi) is 7.70. The van der Waals surface area contributed by atoms with Crippen molar-refractivity contribution in [3.05, 3.63) is 0 Å². The number of hydrogen-bond donors (Lipinski definition) is 1. The fourth-order valence-electron chi connectivity index (χ4n) is 3.45. The van der Waals surface area contributed by atoms with Gasteiger partial charge in [-0.3, -0.25) is 0 Å². The molecule has 0 heterocycles. The fourth-order valence-corrected chi connectivity index (χ4v) is 3.45. The van der Waals surface area contributed by atoms with Gasteiger partial charge in [-0.05, 0) is 65.0 Å². The van der Waals surface area contributed by atoms with Gasteiger partial charge in [0, 0.05) is 18.6 Å². The fraction of sp³-hybridized carbons (Fsp3) is 1.00. The lowest BCUT2D eigenvalue weighted by molar-refractivity contribution is 0.132. The van der Waals surface area contributed by atoms with Crippen LogP contribution in [0.15, 0.2) is 0 Å². The van der Waals surface area contributed by atoms with Crippen LogP contribution in [-0.4, -0.2) is 37.1 Å². The Morgan fingerprint density at radius 2 is 1.62 bits per heavy atom. The van der Waals surface area contributed by atoms with Crippen LogP contribution < -0.4 is 5.32 Å². The molecule has 1 rings (SSSR count). The van der Waals surface area contributed by atoms with Gasteiger partial charge < -0.3 is 10.2 Å². The highest BCUT2D eigenvalue weighted by Gasteiger charge is 2.33. The highest BCUT2D eigenvalue weighted by atomic mass is 15.1. The van der Waals surface area contributed by atoms with Crippen LogP contribution >= 0.6 is 0 Å². The van der Waals surface area contributed by atoms with Gasteiger partial charge in [-0.1, -0.05) is 39.5 Å². The van der Waals surface area contributed by atoms with Crippen LogP contribution in [0.3, 0.4) is 0 Å². The Morgan fingerprint density at radius 1 is 1.05 bits per heavy atom. The van der Waals surface area contributed by atoms with Gasteiger partial charge in [0.05, 0.1) is 0 Å². The molecule has 0 aromatic rings. The maximum absolute atomic E-state index is 3.80. The van der Waals surface area contributed by atoms with Gasteiger partial charge in [0.1, 0.15) is 0 Å². The maximum atomic E-state index is 3.80. The first-order chi connectivity index (χ1) is 9.72. The van der Waals surface area contributed by atoms with Crippen LogP contribution in [-0.2, 0) is 0 Å². The largest absolute Gasteiger partial charge is 0.311 e. The number of rotatable bonds is 7. The summed E-state index contributed by atoms with van der Waals surface area (Å²) in [4.78, 5) is 2.59. The zero-order valence-electron chi connectivity index (χ0n) is 15.6. The van der Waals surface area contributed by atoms with Crippen molar-refractivity contribution in [2.75, 3.05) is 26.7 Å². The van der Waals surface area contributed by atoms with Crippen molar-refractivity contribution in [1.29, 1.82) is 0 Å². The van der Waals surface area contributed by atoms with E-state index in [4.69, 9.17) is 0 Å². The van der Waals surface area contributed by atoms with E-state index in [1.54, 1.807) is 0 Å². The third-order valence-electron chi connectivity index (χ3n) is 4.85. The van der Waals surface area contributed by atoms with Crippen LogP contribution in [0.4, 0.5) is 0 Å². The van der Waals surface area contributed by atoms with E-state index in [1.807, 2.05) is 0 Å². The molecule has 0 spiro atoms. The summed E-state index contributed by atoms with van der Waals surface area (Å²) in [6, 6.07) is 0. The Balaban J connectivity index is 2.62. The van der Waals surface area contributed by atoms with E-state index in [2.05, 4.69) is 51.9 Å². The number of nitrogens with one attached hydrogen (secondary N) is 1. The molecule has 1 aliphatic rings. The Morgan fingerprint density at radius 3 is 2.10 bits per heavy atom. The summed E-state index contributed by atoms with van der Waals surface area (Å²) in [6.45, 7) is 15.2. The van der Waals surface area contributed by atoms with Crippen molar-refractivity contribution in [1.82, 2.24) is 10.2 Å². The van der Waals surface area contributed by atoms with Crippen LogP contribution in [0.25, 0.3) is 0 Å². The Hall–Kier alpha value is -0.0800. The smallest absolute Gasteiger partial charge is 0.00967 e. The SMILES string of the molecule is CC(C)CCN(C)CC1(CNC(C)(C)C)CCCCCC1. The molecule has 1 N–H and O–H groups in total. The van der Waals surface area contributed by atoms with Gasteiger partial charge in [-0.25, -0.2) is 0 Å². The molecule has 0 radical (unpaired) electrons. The molecular formula is C19H40N2. The Labute approximate surface area is 134 Å². The predicted molar refractivity (Wildman–Crippen MR) is 94.8 cm³/mol. The van der Waals surface area contributed by atoms with Crippen LogP contribution in [0.5, 0.6) is 0 Å².